The molecule has 190 valence electrons. The van der Waals surface area contributed by atoms with Gasteiger partial charge in [0.2, 0.25) is 0 Å². The van der Waals surface area contributed by atoms with Gasteiger partial charge in [0.15, 0.2) is 0 Å². The number of rotatable bonds is 4. The van der Waals surface area contributed by atoms with E-state index in [-0.39, 0.29) is 34.7 Å². The van der Waals surface area contributed by atoms with Crippen LogP contribution in [0, 0.1) is 22.9 Å². The van der Waals surface area contributed by atoms with Crippen LogP contribution in [0.1, 0.15) is 22.3 Å². The fourth-order valence-corrected chi connectivity index (χ4v) is 7.20. The number of halogens is 4. The van der Waals surface area contributed by atoms with Crippen LogP contribution in [-0.2, 0) is 10.8 Å². The van der Waals surface area contributed by atoms with E-state index in [0.29, 0.717) is 53.7 Å². The fourth-order valence-electron chi connectivity index (χ4n) is 5.25. The molecule has 0 saturated carbocycles. The largest absolute Gasteiger partial charge is 0.400 e. The SMILES string of the molecule is CN=C(C1=C(N)CN(C(=O)c2cc(F)cc(N3CC4(C3)CS(=O)C4)c2Cl)CC1)c1cc(F)cc(F)c1. The summed E-state index contributed by atoms with van der Waals surface area (Å²) in [5, 5.41) is 0.163. The van der Waals surface area contributed by atoms with Crippen molar-refractivity contribution in [3.05, 3.63) is 75.2 Å². The normalized spacial score (nSPS) is 20.0. The lowest BCUT2D eigenvalue weighted by molar-refractivity contribution is 0.0763. The molecular weight excluding hydrogens is 513 g/mol. The van der Waals surface area contributed by atoms with Crippen molar-refractivity contribution in [3.8, 4) is 0 Å². The van der Waals surface area contributed by atoms with Gasteiger partial charge in [0.1, 0.15) is 17.5 Å². The third kappa shape index (κ3) is 4.41. The number of hydrogen-bond acceptors (Lipinski definition) is 5. The Balaban J connectivity index is 1.36. The van der Waals surface area contributed by atoms with Crippen LogP contribution in [0.3, 0.4) is 0 Å². The first-order valence-electron chi connectivity index (χ1n) is 11.4. The summed E-state index contributed by atoms with van der Waals surface area (Å²) in [7, 11) is 0.717. The van der Waals surface area contributed by atoms with E-state index in [4.69, 9.17) is 17.3 Å². The van der Waals surface area contributed by atoms with E-state index >= 15 is 0 Å². The highest BCUT2D eigenvalue weighted by Gasteiger charge is 2.52. The molecule has 0 aliphatic carbocycles. The van der Waals surface area contributed by atoms with Crippen LogP contribution in [0.25, 0.3) is 0 Å². The van der Waals surface area contributed by atoms with Gasteiger partial charge in [-0.15, -0.1) is 0 Å². The minimum atomic E-state index is -0.788. The number of nitrogens with two attached hydrogens (primary N) is 1. The summed E-state index contributed by atoms with van der Waals surface area (Å²) in [5.41, 5.74) is 8.31. The standard InChI is InChI=1S/C25H24ClF3N4O2S/c1-31-23(14-4-15(27)6-16(28)5-14)18-2-3-32(9-20(18)30)24(34)19-7-17(29)8-21(22(19)26)33-10-25(11-33)12-36(35)13-25/h4-8H,2-3,9-13,30H2,1H3. The summed E-state index contributed by atoms with van der Waals surface area (Å²) >= 11 is 6.58. The van der Waals surface area contributed by atoms with Gasteiger partial charge in [0.25, 0.3) is 5.91 Å². The zero-order valence-corrected chi connectivity index (χ0v) is 21.1. The lowest BCUT2D eigenvalue weighted by Gasteiger charge is -2.56. The van der Waals surface area contributed by atoms with Crippen molar-refractivity contribution in [2.24, 2.45) is 16.1 Å². The van der Waals surface area contributed by atoms with E-state index in [2.05, 4.69) is 4.99 Å². The van der Waals surface area contributed by atoms with Crippen molar-refractivity contribution < 1.29 is 22.2 Å². The minimum Gasteiger partial charge on any atom is -0.400 e. The molecule has 2 fully saturated rings. The fraction of sp³-hybridized carbons (Fsp3) is 0.360. The summed E-state index contributed by atoms with van der Waals surface area (Å²) in [6.07, 6.45) is 0.300. The highest BCUT2D eigenvalue weighted by molar-refractivity contribution is 7.86. The quantitative estimate of drug-likeness (QED) is 0.607. The van der Waals surface area contributed by atoms with Crippen LogP contribution in [0.5, 0.6) is 0 Å². The first kappa shape index (κ1) is 24.8. The number of nitrogens with zero attached hydrogens (tertiary/aromatic N) is 3. The van der Waals surface area contributed by atoms with Crippen molar-refractivity contribution in [1.29, 1.82) is 0 Å². The summed E-state index contributed by atoms with van der Waals surface area (Å²) in [6.45, 7) is 1.52. The molecule has 2 saturated heterocycles. The summed E-state index contributed by atoms with van der Waals surface area (Å²) in [6, 6.07) is 5.56. The van der Waals surface area contributed by atoms with E-state index in [1.807, 2.05) is 4.90 Å². The predicted octanol–water partition coefficient (Wildman–Crippen LogP) is 3.50. The van der Waals surface area contributed by atoms with Crippen molar-refractivity contribution in [3.63, 3.8) is 0 Å². The highest BCUT2D eigenvalue weighted by atomic mass is 35.5. The summed E-state index contributed by atoms with van der Waals surface area (Å²) < 4.78 is 53.6. The zero-order chi connectivity index (χ0) is 25.8. The molecule has 11 heteroatoms. The molecule has 2 N–H and O–H groups in total. The third-order valence-corrected chi connectivity index (χ3v) is 9.16. The summed E-state index contributed by atoms with van der Waals surface area (Å²) in [4.78, 5) is 20.9. The number of aliphatic imine (C=N–C) groups is 1. The molecule has 5 rings (SSSR count). The van der Waals surface area contributed by atoms with Crippen molar-refractivity contribution in [2.75, 3.05) is 49.6 Å². The van der Waals surface area contributed by atoms with Crippen LogP contribution in [0.2, 0.25) is 5.02 Å². The highest BCUT2D eigenvalue weighted by Crippen LogP contribution is 2.44. The molecule has 0 atom stereocenters. The van der Waals surface area contributed by atoms with Gasteiger partial charge in [0.05, 0.1) is 28.5 Å². The van der Waals surface area contributed by atoms with Gasteiger partial charge >= 0.3 is 0 Å². The molecule has 0 unspecified atom stereocenters. The smallest absolute Gasteiger partial charge is 0.255 e. The molecule has 3 aliphatic rings. The van der Waals surface area contributed by atoms with Crippen molar-refractivity contribution in [1.82, 2.24) is 4.90 Å². The molecule has 36 heavy (non-hydrogen) atoms. The molecule has 1 amide bonds. The Bertz CT molecular complexity index is 1330. The summed E-state index contributed by atoms with van der Waals surface area (Å²) in [5.74, 6) is -1.23. The predicted molar refractivity (Wildman–Crippen MR) is 134 cm³/mol. The molecular formula is C25H24ClF3N4O2S. The minimum absolute atomic E-state index is 0.00365. The van der Waals surface area contributed by atoms with E-state index in [0.717, 1.165) is 12.1 Å². The Kier molecular flexibility index (Phi) is 6.36. The Morgan fingerprint density at radius 2 is 1.72 bits per heavy atom. The lowest BCUT2D eigenvalue weighted by Crippen LogP contribution is -2.67. The average Bonchev–Trinajstić information content (AvgIpc) is 2.77. The zero-order valence-electron chi connectivity index (χ0n) is 19.5. The first-order chi connectivity index (χ1) is 17.1. The van der Waals surface area contributed by atoms with Gasteiger partial charge in [-0.25, -0.2) is 13.2 Å². The van der Waals surface area contributed by atoms with Crippen LogP contribution < -0.4 is 10.6 Å². The second-order valence-electron chi connectivity index (χ2n) is 9.58. The number of carbonyl (C=O) groups is 1. The number of hydrogen-bond donors (Lipinski definition) is 1. The lowest BCUT2D eigenvalue weighted by atomic mass is 9.82. The second kappa shape index (κ2) is 9.23. The molecule has 0 bridgehead atoms. The maximum atomic E-state index is 14.5. The van der Waals surface area contributed by atoms with Crippen LogP contribution >= 0.6 is 11.6 Å². The molecule has 3 aliphatic heterocycles. The van der Waals surface area contributed by atoms with Gasteiger partial charge in [-0.05, 0) is 30.7 Å². The van der Waals surface area contributed by atoms with E-state index in [1.54, 1.807) is 0 Å². The number of carbonyl (C=O) groups excluding carboxylic acids is 1. The topological polar surface area (TPSA) is 79.0 Å². The molecule has 1 spiro atoms. The maximum Gasteiger partial charge on any atom is 0.255 e. The molecule has 2 aromatic rings. The molecule has 3 heterocycles. The van der Waals surface area contributed by atoms with Gasteiger partial charge in [0, 0.05) is 77.3 Å². The van der Waals surface area contributed by atoms with Gasteiger partial charge in [-0.2, -0.15) is 0 Å². The van der Waals surface area contributed by atoms with Gasteiger partial charge in [-0.1, -0.05) is 11.6 Å². The number of anilines is 1. The van der Waals surface area contributed by atoms with Gasteiger partial charge < -0.3 is 15.5 Å². The number of amides is 1. The average molecular weight is 537 g/mol. The van der Waals surface area contributed by atoms with Crippen LogP contribution in [-0.4, -0.2) is 65.5 Å². The van der Waals surface area contributed by atoms with E-state index < -0.39 is 34.2 Å². The van der Waals surface area contributed by atoms with Crippen molar-refractivity contribution >= 4 is 39.7 Å². The van der Waals surface area contributed by atoms with E-state index in [1.165, 1.54) is 30.1 Å². The molecule has 0 aromatic heterocycles. The number of benzene rings is 2. The van der Waals surface area contributed by atoms with Crippen LogP contribution in [0.15, 0.2) is 46.6 Å². The van der Waals surface area contributed by atoms with Gasteiger partial charge in [-0.3, -0.25) is 14.0 Å². The van der Waals surface area contributed by atoms with E-state index in [9.17, 15) is 22.2 Å². The Hall–Kier alpha value is -2.85. The monoisotopic (exact) mass is 536 g/mol. The Morgan fingerprint density at radius 1 is 1.08 bits per heavy atom. The third-order valence-electron chi connectivity index (χ3n) is 6.89. The first-order valence-corrected chi connectivity index (χ1v) is 13.2. The molecule has 0 radical (unpaired) electrons. The van der Waals surface area contributed by atoms with Crippen molar-refractivity contribution in [2.45, 2.75) is 6.42 Å². The van der Waals surface area contributed by atoms with Crippen LogP contribution in [0.4, 0.5) is 18.9 Å². The molecule has 6 nitrogen and oxygen atoms in total. The molecule has 2 aromatic carbocycles. The maximum absolute atomic E-state index is 14.5. The second-order valence-corrected chi connectivity index (χ2v) is 11.4. The Morgan fingerprint density at radius 3 is 2.31 bits per heavy atom. The Labute approximate surface area is 214 Å².